The summed E-state index contributed by atoms with van der Waals surface area (Å²) >= 11 is 0. The summed E-state index contributed by atoms with van der Waals surface area (Å²) in [6.07, 6.45) is 0.673. The minimum Gasteiger partial charge on any atom is -0.490 e. The zero-order valence-corrected chi connectivity index (χ0v) is 17.6. The quantitative estimate of drug-likeness (QED) is 0.398. The summed E-state index contributed by atoms with van der Waals surface area (Å²) in [7, 11) is 0. The fourth-order valence-corrected chi connectivity index (χ4v) is 2.96. The van der Waals surface area contributed by atoms with E-state index in [-0.39, 0.29) is 12.2 Å². The van der Waals surface area contributed by atoms with Gasteiger partial charge in [0.25, 0.3) is 11.8 Å². The van der Waals surface area contributed by atoms with Crippen molar-refractivity contribution in [3.63, 3.8) is 0 Å². The van der Waals surface area contributed by atoms with Gasteiger partial charge in [0.05, 0.1) is 18.9 Å². The summed E-state index contributed by atoms with van der Waals surface area (Å²) < 4.78 is 16.3. The van der Waals surface area contributed by atoms with E-state index in [1.807, 2.05) is 13.0 Å². The second kappa shape index (κ2) is 9.80. The molecule has 0 unspecified atom stereocenters. The van der Waals surface area contributed by atoms with Crippen LogP contribution in [0, 0.1) is 0 Å². The van der Waals surface area contributed by atoms with Gasteiger partial charge >= 0.3 is 5.97 Å². The number of nitrogens with one attached hydrogen (secondary N) is 1. The van der Waals surface area contributed by atoms with Crippen LogP contribution in [0.3, 0.4) is 0 Å². The zero-order chi connectivity index (χ0) is 22.4. The maximum atomic E-state index is 12.7. The standard InChI is InChI=1S/C23H24N2O6/c1-4-29-20-14-16(11-12-19(20)31-15(3)23(28)30-5-2)13-18-21(26)24-25(22(18)27)17-9-7-6-8-10-17/h6-15H,4-5H2,1-3H3,(H,24,26)/b18-13-/t15-/m1/s1. The molecule has 1 N–H and O–H groups in total. The first-order valence-corrected chi connectivity index (χ1v) is 9.96. The third kappa shape index (κ3) is 5.03. The van der Waals surface area contributed by atoms with E-state index in [9.17, 15) is 14.4 Å². The largest absolute Gasteiger partial charge is 0.490 e. The van der Waals surface area contributed by atoms with Gasteiger partial charge in [-0.05, 0) is 56.7 Å². The van der Waals surface area contributed by atoms with Crippen molar-refractivity contribution in [2.24, 2.45) is 0 Å². The molecule has 0 spiro atoms. The summed E-state index contributed by atoms with van der Waals surface area (Å²) in [4.78, 5) is 37.0. The van der Waals surface area contributed by atoms with E-state index in [2.05, 4.69) is 5.43 Å². The van der Waals surface area contributed by atoms with Crippen LogP contribution in [-0.4, -0.2) is 37.1 Å². The van der Waals surface area contributed by atoms with Crippen LogP contribution in [0.25, 0.3) is 6.08 Å². The van der Waals surface area contributed by atoms with E-state index in [0.717, 1.165) is 0 Å². The number of anilines is 1. The van der Waals surface area contributed by atoms with E-state index in [1.54, 1.807) is 56.3 Å². The fourth-order valence-electron chi connectivity index (χ4n) is 2.96. The van der Waals surface area contributed by atoms with Gasteiger partial charge in [-0.2, -0.15) is 0 Å². The van der Waals surface area contributed by atoms with Crippen LogP contribution in [0.15, 0.2) is 54.1 Å². The van der Waals surface area contributed by atoms with Crippen LogP contribution in [0.4, 0.5) is 5.69 Å². The maximum absolute atomic E-state index is 12.7. The molecule has 0 saturated carbocycles. The number of carbonyl (C=O) groups is 3. The average Bonchev–Trinajstić information content (AvgIpc) is 3.04. The van der Waals surface area contributed by atoms with Crippen molar-refractivity contribution in [2.75, 3.05) is 18.2 Å². The molecule has 1 aliphatic rings. The Labute approximate surface area is 180 Å². The van der Waals surface area contributed by atoms with Crippen LogP contribution >= 0.6 is 0 Å². The lowest BCUT2D eigenvalue weighted by Gasteiger charge is -2.16. The molecule has 1 atom stereocenters. The SMILES string of the molecule is CCOC(=O)[C@@H](C)Oc1ccc(/C=C2/C(=O)NN(c3ccccc3)C2=O)cc1OCC. The highest BCUT2D eigenvalue weighted by Gasteiger charge is 2.34. The first-order chi connectivity index (χ1) is 14.9. The van der Waals surface area contributed by atoms with Crippen LogP contribution in [0.5, 0.6) is 11.5 Å². The number of nitrogens with zero attached hydrogens (tertiary/aromatic N) is 1. The number of ether oxygens (including phenoxy) is 3. The fraction of sp³-hybridized carbons (Fsp3) is 0.261. The predicted octanol–water partition coefficient (Wildman–Crippen LogP) is 2.88. The lowest BCUT2D eigenvalue weighted by Crippen LogP contribution is -2.35. The first-order valence-electron chi connectivity index (χ1n) is 9.96. The van der Waals surface area contributed by atoms with Gasteiger partial charge in [-0.15, -0.1) is 0 Å². The molecular weight excluding hydrogens is 400 g/mol. The Bertz CT molecular complexity index is 1000. The van der Waals surface area contributed by atoms with E-state index in [0.29, 0.717) is 29.4 Å². The van der Waals surface area contributed by atoms with E-state index in [4.69, 9.17) is 14.2 Å². The Hall–Kier alpha value is -3.81. The third-order valence-electron chi connectivity index (χ3n) is 4.41. The first kappa shape index (κ1) is 21.9. The number of benzene rings is 2. The van der Waals surface area contributed by atoms with E-state index >= 15 is 0 Å². The van der Waals surface area contributed by atoms with Gasteiger partial charge in [0.2, 0.25) is 0 Å². The summed E-state index contributed by atoms with van der Waals surface area (Å²) in [5, 5.41) is 1.20. The number of hydrogen-bond acceptors (Lipinski definition) is 6. The van der Waals surface area contributed by atoms with E-state index in [1.165, 1.54) is 11.1 Å². The molecule has 2 aromatic carbocycles. The highest BCUT2D eigenvalue weighted by molar-refractivity contribution is 6.31. The van der Waals surface area contributed by atoms with Gasteiger partial charge in [-0.1, -0.05) is 24.3 Å². The minimum absolute atomic E-state index is 0.000128. The highest BCUT2D eigenvalue weighted by Crippen LogP contribution is 2.31. The van der Waals surface area contributed by atoms with Gasteiger partial charge in [0, 0.05) is 0 Å². The van der Waals surface area contributed by atoms with Crippen molar-refractivity contribution in [1.82, 2.24) is 5.43 Å². The van der Waals surface area contributed by atoms with Crippen LogP contribution in [0.2, 0.25) is 0 Å². The molecule has 2 amide bonds. The van der Waals surface area contributed by atoms with Crippen molar-refractivity contribution in [3.05, 3.63) is 59.7 Å². The summed E-state index contributed by atoms with van der Waals surface area (Å²) in [5.41, 5.74) is 3.70. The maximum Gasteiger partial charge on any atom is 0.347 e. The highest BCUT2D eigenvalue weighted by atomic mass is 16.6. The molecule has 0 bridgehead atoms. The number of para-hydroxylation sites is 1. The number of amides is 2. The number of esters is 1. The van der Waals surface area contributed by atoms with Crippen molar-refractivity contribution >= 4 is 29.5 Å². The molecule has 3 rings (SSSR count). The summed E-state index contributed by atoms with van der Waals surface area (Å²) in [6.45, 7) is 5.75. The molecule has 0 aliphatic carbocycles. The van der Waals surface area contributed by atoms with Crippen LogP contribution in [0.1, 0.15) is 26.3 Å². The lowest BCUT2D eigenvalue weighted by atomic mass is 10.1. The molecule has 8 heteroatoms. The van der Waals surface area contributed by atoms with Gasteiger partial charge < -0.3 is 14.2 Å². The molecule has 1 heterocycles. The number of hydrogen-bond donors (Lipinski definition) is 1. The van der Waals surface area contributed by atoms with Gasteiger partial charge in [0.1, 0.15) is 5.57 Å². The van der Waals surface area contributed by atoms with Crippen molar-refractivity contribution in [1.29, 1.82) is 0 Å². The molecule has 0 radical (unpaired) electrons. The number of carbonyl (C=O) groups excluding carboxylic acids is 3. The van der Waals surface area contributed by atoms with Crippen LogP contribution in [-0.2, 0) is 19.1 Å². The monoisotopic (exact) mass is 424 g/mol. The van der Waals surface area contributed by atoms with E-state index < -0.39 is 23.9 Å². The Kier molecular flexibility index (Phi) is 6.92. The lowest BCUT2D eigenvalue weighted by molar-refractivity contribution is -0.150. The van der Waals surface area contributed by atoms with Crippen LogP contribution < -0.4 is 19.9 Å². The molecule has 162 valence electrons. The zero-order valence-electron chi connectivity index (χ0n) is 17.6. The van der Waals surface area contributed by atoms with Crippen molar-refractivity contribution in [2.45, 2.75) is 26.9 Å². The molecule has 1 fully saturated rings. The molecule has 2 aromatic rings. The number of hydrazine groups is 1. The normalized spacial score (nSPS) is 15.6. The van der Waals surface area contributed by atoms with Crippen molar-refractivity contribution < 1.29 is 28.6 Å². The Morgan fingerprint density at radius 1 is 1.06 bits per heavy atom. The molecule has 1 saturated heterocycles. The molecule has 31 heavy (non-hydrogen) atoms. The second-order valence-corrected chi connectivity index (χ2v) is 6.63. The Morgan fingerprint density at radius 2 is 1.81 bits per heavy atom. The van der Waals surface area contributed by atoms with Crippen molar-refractivity contribution in [3.8, 4) is 11.5 Å². The molecular formula is C23H24N2O6. The third-order valence-corrected chi connectivity index (χ3v) is 4.41. The smallest absolute Gasteiger partial charge is 0.347 e. The molecule has 0 aromatic heterocycles. The Morgan fingerprint density at radius 3 is 2.48 bits per heavy atom. The van der Waals surface area contributed by atoms with Gasteiger partial charge in [-0.25, -0.2) is 9.80 Å². The van der Waals surface area contributed by atoms with Gasteiger partial charge in [-0.3, -0.25) is 15.0 Å². The summed E-state index contributed by atoms with van der Waals surface area (Å²) in [6, 6.07) is 13.8. The molecule has 8 nitrogen and oxygen atoms in total. The number of rotatable bonds is 8. The topological polar surface area (TPSA) is 94.2 Å². The molecule has 1 aliphatic heterocycles. The minimum atomic E-state index is -0.815. The summed E-state index contributed by atoms with van der Waals surface area (Å²) in [5.74, 6) is -0.685. The average molecular weight is 424 g/mol. The predicted molar refractivity (Wildman–Crippen MR) is 114 cm³/mol. The second-order valence-electron chi connectivity index (χ2n) is 6.63. The Balaban J connectivity index is 1.85. The van der Waals surface area contributed by atoms with Gasteiger partial charge in [0.15, 0.2) is 17.6 Å².